The SMILES string of the molecule is CCC(CSC)N(C)CC(C)(C)CNC(C)(C)C. The number of nitrogens with one attached hydrogen (secondary N) is 1. The lowest BCUT2D eigenvalue weighted by atomic mass is 9.91. The maximum atomic E-state index is 3.62. The van der Waals surface area contributed by atoms with Gasteiger partial charge < -0.3 is 10.2 Å². The Labute approximate surface area is 119 Å². The van der Waals surface area contributed by atoms with Crippen LogP contribution < -0.4 is 5.32 Å². The lowest BCUT2D eigenvalue weighted by Gasteiger charge is -2.37. The molecule has 3 heteroatoms. The fraction of sp³-hybridized carbons (Fsp3) is 1.00. The second-order valence-electron chi connectivity index (χ2n) is 7.20. The van der Waals surface area contributed by atoms with Crippen molar-refractivity contribution >= 4 is 11.8 Å². The van der Waals surface area contributed by atoms with Gasteiger partial charge in [-0.1, -0.05) is 20.8 Å². The summed E-state index contributed by atoms with van der Waals surface area (Å²) in [4.78, 5) is 2.53. The zero-order chi connectivity index (χ0) is 14.4. The van der Waals surface area contributed by atoms with Crippen LogP contribution in [0.4, 0.5) is 0 Å². The van der Waals surface area contributed by atoms with E-state index in [1.165, 1.54) is 12.2 Å². The maximum absolute atomic E-state index is 3.62. The second kappa shape index (κ2) is 7.76. The largest absolute Gasteiger partial charge is 0.311 e. The van der Waals surface area contributed by atoms with Gasteiger partial charge in [0.1, 0.15) is 0 Å². The first-order chi connectivity index (χ1) is 8.11. The molecule has 0 aromatic rings. The third-order valence-corrected chi connectivity index (χ3v) is 3.95. The third-order valence-electron chi connectivity index (χ3n) is 3.23. The number of thioether (sulfide) groups is 1. The molecule has 0 fully saturated rings. The van der Waals surface area contributed by atoms with Crippen molar-refractivity contribution in [2.75, 3.05) is 32.1 Å². The zero-order valence-electron chi connectivity index (χ0n) is 13.8. The number of rotatable bonds is 8. The molecular weight excluding hydrogens is 240 g/mol. The molecule has 0 heterocycles. The van der Waals surface area contributed by atoms with Crippen LogP contribution in [0.15, 0.2) is 0 Å². The lowest BCUT2D eigenvalue weighted by Crippen LogP contribution is -2.47. The summed E-state index contributed by atoms with van der Waals surface area (Å²) in [5.74, 6) is 1.23. The predicted octanol–water partition coefficient (Wildman–Crippen LogP) is 3.47. The van der Waals surface area contributed by atoms with E-state index in [-0.39, 0.29) is 5.54 Å². The molecule has 0 saturated heterocycles. The quantitative estimate of drug-likeness (QED) is 0.729. The average molecular weight is 275 g/mol. The van der Waals surface area contributed by atoms with Gasteiger partial charge in [0, 0.05) is 30.4 Å². The summed E-state index contributed by atoms with van der Waals surface area (Å²) >= 11 is 1.95. The molecule has 0 radical (unpaired) electrons. The first-order valence-corrected chi connectivity index (χ1v) is 8.45. The minimum absolute atomic E-state index is 0.208. The molecule has 0 amide bonds. The highest BCUT2D eigenvalue weighted by atomic mass is 32.2. The van der Waals surface area contributed by atoms with Crippen molar-refractivity contribution in [1.29, 1.82) is 0 Å². The Morgan fingerprint density at radius 3 is 2.11 bits per heavy atom. The van der Waals surface area contributed by atoms with Gasteiger partial charge in [-0.15, -0.1) is 0 Å². The van der Waals surface area contributed by atoms with Gasteiger partial charge in [-0.2, -0.15) is 11.8 Å². The zero-order valence-corrected chi connectivity index (χ0v) is 14.6. The third kappa shape index (κ3) is 8.39. The van der Waals surface area contributed by atoms with Gasteiger partial charge in [0.15, 0.2) is 0 Å². The molecule has 1 N–H and O–H groups in total. The Balaban J connectivity index is 4.28. The Morgan fingerprint density at radius 2 is 1.72 bits per heavy atom. The molecular formula is C15H34N2S. The van der Waals surface area contributed by atoms with E-state index in [1.807, 2.05) is 11.8 Å². The van der Waals surface area contributed by atoms with Crippen molar-refractivity contribution in [1.82, 2.24) is 10.2 Å². The lowest BCUT2D eigenvalue weighted by molar-refractivity contribution is 0.157. The smallest absolute Gasteiger partial charge is 0.0180 e. The summed E-state index contributed by atoms with van der Waals surface area (Å²) in [7, 11) is 2.27. The van der Waals surface area contributed by atoms with E-state index >= 15 is 0 Å². The maximum Gasteiger partial charge on any atom is 0.0180 e. The van der Waals surface area contributed by atoms with Crippen LogP contribution in [0.5, 0.6) is 0 Å². The van der Waals surface area contributed by atoms with Gasteiger partial charge in [-0.3, -0.25) is 0 Å². The van der Waals surface area contributed by atoms with Gasteiger partial charge in [0.2, 0.25) is 0 Å². The van der Waals surface area contributed by atoms with Crippen LogP contribution in [-0.4, -0.2) is 48.6 Å². The fourth-order valence-electron chi connectivity index (χ4n) is 2.11. The Kier molecular flexibility index (Phi) is 7.88. The van der Waals surface area contributed by atoms with E-state index < -0.39 is 0 Å². The molecule has 0 aromatic carbocycles. The molecule has 0 bridgehead atoms. The van der Waals surface area contributed by atoms with E-state index in [0.717, 1.165) is 13.1 Å². The highest BCUT2D eigenvalue weighted by molar-refractivity contribution is 7.98. The van der Waals surface area contributed by atoms with Crippen molar-refractivity contribution in [3.05, 3.63) is 0 Å². The molecule has 0 spiro atoms. The van der Waals surface area contributed by atoms with Crippen molar-refractivity contribution in [2.24, 2.45) is 5.41 Å². The van der Waals surface area contributed by atoms with Crippen molar-refractivity contribution in [3.8, 4) is 0 Å². The van der Waals surface area contributed by atoms with E-state index in [4.69, 9.17) is 0 Å². The summed E-state index contributed by atoms with van der Waals surface area (Å²) in [5.41, 5.74) is 0.521. The van der Waals surface area contributed by atoms with Crippen LogP contribution in [0.25, 0.3) is 0 Å². The first-order valence-electron chi connectivity index (χ1n) is 7.05. The first kappa shape index (κ1) is 18.3. The summed E-state index contributed by atoms with van der Waals surface area (Å²) in [6, 6.07) is 0.703. The Hall–Kier alpha value is 0.270. The Morgan fingerprint density at radius 1 is 1.17 bits per heavy atom. The number of hydrogen-bond acceptors (Lipinski definition) is 3. The summed E-state index contributed by atoms with van der Waals surface area (Å²) in [6.07, 6.45) is 3.43. The van der Waals surface area contributed by atoms with Crippen LogP contribution in [0, 0.1) is 5.41 Å². The number of hydrogen-bond donors (Lipinski definition) is 1. The average Bonchev–Trinajstić information content (AvgIpc) is 2.21. The molecule has 2 nitrogen and oxygen atoms in total. The van der Waals surface area contributed by atoms with E-state index in [2.05, 4.69) is 65.1 Å². The van der Waals surface area contributed by atoms with Crippen LogP contribution in [0.1, 0.15) is 48.0 Å². The highest BCUT2D eigenvalue weighted by Gasteiger charge is 2.25. The summed E-state index contributed by atoms with van der Waals surface area (Å²) < 4.78 is 0. The molecule has 0 rings (SSSR count). The number of nitrogens with zero attached hydrogens (tertiary/aromatic N) is 1. The molecule has 18 heavy (non-hydrogen) atoms. The molecule has 0 aliphatic rings. The highest BCUT2D eigenvalue weighted by Crippen LogP contribution is 2.19. The molecule has 0 saturated carbocycles. The van der Waals surface area contributed by atoms with E-state index in [0.29, 0.717) is 11.5 Å². The van der Waals surface area contributed by atoms with Gasteiger partial charge in [0.05, 0.1) is 0 Å². The van der Waals surface area contributed by atoms with Gasteiger partial charge in [0.25, 0.3) is 0 Å². The monoisotopic (exact) mass is 274 g/mol. The van der Waals surface area contributed by atoms with Gasteiger partial charge in [-0.05, 0) is 45.9 Å². The van der Waals surface area contributed by atoms with Gasteiger partial charge >= 0.3 is 0 Å². The molecule has 110 valence electrons. The standard InChI is InChI=1S/C15H34N2S/c1-9-13(10-18-8)17(7)12-15(5,6)11-16-14(2,3)4/h13,16H,9-12H2,1-8H3. The van der Waals surface area contributed by atoms with Crippen molar-refractivity contribution in [3.63, 3.8) is 0 Å². The van der Waals surface area contributed by atoms with Crippen LogP contribution in [0.3, 0.4) is 0 Å². The van der Waals surface area contributed by atoms with Crippen LogP contribution in [0.2, 0.25) is 0 Å². The van der Waals surface area contributed by atoms with E-state index in [1.54, 1.807) is 0 Å². The fourth-order valence-corrected chi connectivity index (χ4v) is 2.99. The molecule has 0 aromatic heterocycles. The van der Waals surface area contributed by atoms with Crippen LogP contribution in [-0.2, 0) is 0 Å². The molecule has 0 aliphatic carbocycles. The molecule has 1 unspecified atom stereocenters. The minimum atomic E-state index is 0.208. The molecule has 0 aliphatic heterocycles. The minimum Gasteiger partial charge on any atom is -0.311 e. The van der Waals surface area contributed by atoms with Crippen molar-refractivity contribution < 1.29 is 0 Å². The van der Waals surface area contributed by atoms with Crippen LogP contribution >= 0.6 is 11.8 Å². The summed E-state index contributed by atoms with van der Waals surface area (Å²) in [5, 5.41) is 3.62. The van der Waals surface area contributed by atoms with E-state index in [9.17, 15) is 0 Å². The second-order valence-corrected chi connectivity index (χ2v) is 8.11. The summed E-state index contributed by atoms with van der Waals surface area (Å²) in [6.45, 7) is 15.9. The van der Waals surface area contributed by atoms with Crippen molar-refractivity contribution in [2.45, 2.75) is 59.5 Å². The molecule has 1 atom stereocenters. The Bertz CT molecular complexity index is 221. The predicted molar refractivity (Wildman–Crippen MR) is 86.6 cm³/mol. The topological polar surface area (TPSA) is 15.3 Å². The van der Waals surface area contributed by atoms with Gasteiger partial charge in [-0.25, -0.2) is 0 Å². The normalized spacial score (nSPS) is 15.2.